The fourth-order valence-electron chi connectivity index (χ4n) is 1.59. The van der Waals surface area contributed by atoms with Crippen molar-refractivity contribution in [3.05, 3.63) is 22.7 Å². The number of hydrogen-bond acceptors (Lipinski definition) is 4. The highest BCUT2D eigenvalue weighted by molar-refractivity contribution is 6.32. The van der Waals surface area contributed by atoms with E-state index < -0.39 is 12.1 Å². The van der Waals surface area contributed by atoms with Crippen molar-refractivity contribution in [2.75, 3.05) is 7.11 Å². The molecule has 1 aromatic rings. The molecule has 0 aliphatic carbocycles. The first-order valence-electron chi connectivity index (χ1n) is 6.34. The molecule has 2 N–H and O–H groups in total. The number of benzene rings is 1. The zero-order valence-corrected chi connectivity index (χ0v) is 13.0. The maximum atomic E-state index is 11.8. The number of amides is 1. The van der Waals surface area contributed by atoms with Crippen LogP contribution in [0, 0.1) is 0 Å². The van der Waals surface area contributed by atoms with Crippen LogP contribution >= 0.6 is 11.6 Å². The number of carbonyl (C=O) groups is 2. The van der Waals surface area contributed by atoms with E-state index in [9.17, 15) is 9.59 Å². The fraction of sp³-hybridized carbons (Fsp3) is 0.429. The molecule has 7 heteroatoms. The monoisotopic (exact) mass is 315 g/mol. The second kappa shape index (κ2) is 7.17. The molecular formula is C14H18ClNO5. The molecule has 0 radical (unpaired) electrons. The standard InChI is InChI=1S/C14H18ClNO5/c1-7(2)16-13(17)8(3)21-12-10(15)5-9(14(18)19)6-11(12)20-4/h5-8H,1-4H3,(H,16,17)(H,18,19). The highest BCUT2D eigenvalue weighted by Crippen LogP contribution is 2.37. The van der Waals surface area contributed by atoms with Gasteiger partial charge >= 0.3 is 5.97 Å². The van der Waals surface area contributed by atoms with Gasteiger partial charge in [0, 0.05) is 6.04 Å². The molecule has 6 nitrogen and oxygen atoms in total. The van der Waals surface area contributed by atoms with Crippen LogP contribution in [0.3, 0.4) is 0 Å². The van der Waals surface area contributed by atoms with Crippen molar-refractivity contribution in [2.24, 2.45) is 0 Å². The van der Waals surface area contributed by atoms with E-state index in [1.807, 2.05) is 13.8 Å². The Labute approximate surface area is 128 Å². The number of ether oxygens (including phenoxy) is 2. The highest BCUT2D eigenvalue weighted by atomic mass is 35.5. The predicted octanol–water partition coefficient (Wildman–Crippen LogP) is 2.34. The van der Waals surface area contributed by atoms with Crippen LogP contribution in [0.25, 0.3) is 0 Å². The summed E-state index contributed by atoms with van der Waals surface area (Å²) in [5, 5.41) is 11.7. The van der Waals surface area contributed by atoms with E-state index in [-0.39, 0.29) is 34.0 Å². The normalized spacial score (nSPS) is 11.9. The zero-order valence-electron chi connectivity index (χ0n) is 12.3. The van der Waals surface area contributed by atoms with Crippen molar-refractivity contribution in [3.8, 4) is 11.5 Å². The maximum absolute atomic E-state index is 11.8. The van der Waals surface area contributed by atoms with Crippen LogP contribution in [-0.2, 0) is 4.79 Å². The predicted molar refractivity (Wildman–Crippen MR) is 78.3 cm³/mol. The lowest BCUT2D eigenvalue weighted by Crippen LogP contribution is -2.40. The van der Waals surface area contributed by atoms with Crippen molar-refractivity contribution in [1.29, 1.82) is 0 Å². The number of hydrogen-bond donors (Lipinski definition) is 2. The number of rotatable bonds is 6. The van der Waals surface area contributed by atoms with E-state index in [4.69, 9.17) is 26.2 Å². The molecule has 21 heavy (non-hydrogen) atoms. The lowest BCUT2D eigenvalue weighted by molar-refractivity contribution is -0.127. The molecular weight excluding hydrogens is 298 g/mol. The maximum Gasteiger partial charge on any atom is 0.335 e. The molecule has 1 atom stereocenters. The molecule has 0 bridgehead atoms. The third-order valence-electron chi connectivity index (χ3n) is 2.57. The van der Waals surface area contributed by atoms with Crippen LogP contribution in [0.1, 0.15) is 31.1 Å². The van der Waals surface area contributed by atoms with Crippen molar-refractivity contribution in [2.45, 2.75) is 32.9 Å². The minimum absolute atomic E-state index is 0.0182. The Morgan fingerprint density at radius 1 is 1.29 bits per heavy atom. The van der Waals surface area contributed by atoms with Gasteiger partial charge in [0.05, 0.1) is 17.7 Å². The Bertz CT molecular complexity index is 544. The van der Waals surface area contributed by atoms with Gasteiger partial charge < -0.3 is 19.9 Å². The topological polar surface area (TPSA) is 84.9 Å². The van der Waals surface area contributed by atoms with Gasteiger partial charge in [-0.2, -0.15) is 0 Å². The largest absolute Gasteiger partial charge is 0.493 e. The van der Waals surface area contributed by atoms with Crippen LogP contribution in [0.4, 0.5) is 0 Å². The zero-order chi connectivity index (χ0) is 16.2. The Hall–Kier alpha value is -1.95. The summed E-state index contributed by atoms with van der Waals surface area (Å²) in [5.41, 5.74) is -0.0246. The summed E-state index contributed by atoms with van der Waals surface area (Å²) in [6.07, 6.45) is -0.797. The second-order valence-corrected chi connectivity index (χ2v) is 5.13. The van der Waals surface area contributed by atoms with Gasteiger partial charge in [-0.25, -0.2) is 4.79 Å². The Morgan fingerprint density at radius 2 is 1.90 bits per heavy atom. The number of aromatic carboxylic acids is 1. The van der Waals surface area contributed by atoms with Crippen molar-refractivity contribution in [1.82, 2.24) is 5.32 Å². The van der Waals surface area contributed by atoms with Crippen molar-refractivity contribution < 1.29 is 24.2 Å². The fourth-order valence-corrected chi connectivity index (χ4v) is 1.85. The third-order valence-corrected chi connectivity index (χ3v) is 2.85. The second-order valence-electron chi connectivity index (χ2n) is 4.72. The summed E-state index contributed by atoms with van der Waals surface area (Å²) in [7, 11) is 1.36. The van der Waals surface area contributed by atoms with Crippen LogP contribution in [0.15, 0.2) is 12.1 Å². The van der Waals surface area contributed by atoms with Crippen molar-refractivity contribution in [3.63, 3.8) is 0 Å². The van der Waals surface area contributed by atoms with Crippen LogP contribution in [0.5, 0.6) is 11.5 Å². The SMILES string of the molecule is COc1cc(C(=O)O)cc(Cl)c1OC(C)C(=O)NC(C)C. The first kappa shape index (κ1) is 17.1. The molecule has 0 fully saturated rings. The molecule has 0 aromatic heterocycles. The number of carboxylic acids is 1. The molecule has 1 unspecified atom stereocenters. The molecule has 0 saturated carbocycles. The number of carbonyl (C=O) groups excluding carboxylic acids is 1. The van der Waals surface area contributed by atoms with E-state index in [2.05, 4.69) is 5.32 Å². The van der Waals surface area contributed by atoms with Gasteiger partial charge in [0.25, 0.3) is 5.91 Å². The average Bonchev–Trinajstić information content (AvgIpc) is 2.39. The smallest absolute Gasteiger partial charge is 0.335 e. The Balaban J connectivity index is 3.02. The minimum atomic E-state index is -1.13. The van der Waals surface area contributed by atoms with Gasteiger partial charge in [0.2, 0.25) is 0 Å². The molecule has 0 heterocycles. The van der Waals surface area contributed by atoms with Crippen LogP contribution in [-0.4, -0.2) is 36.2 Å². The molecule has 1 rings (SSSR count). The summed E-state index contributed by atoms with van der Waals surface area (Å²) in [4.78, 5) is 22.8. The van der Waals surface area contributed by atoms with E-state index in [1.54, 1.807) is 6.92 Å². The minimum Gasteiger partial charge on any atom is -0.493 e. The molecule has 0 spiro atoms. The Morgan fingerprint density at radius 3 is 2.38 bits per heavy atom. The summed E-state index contributed by atoms with van der Waals surface area (Å²) in [5.74, 6) is -1.14. The molecule has 1 aromatic carbocycles. The third kappa shape index (κ3) is 4.53. The van der Waals surface area contributed by atoms with Gasteiger partial charge in [-0.05, 0) is 32.9 Å². The lowest BCUT2D eigenvalue weighted by Gasteiger charge is -2.19. The van der Waals surface area contributed by atoms with Gasteiger partial charge in [-0.3, -0.25) is 4.79 Å². The summed E-state index contributed by atoms with van der Waals surface area (Å²) >= 11 is 6.01. The first-order valence-corrected chi connectivity index (χ1v) is 6.72. The summed E-state index contributed by atoms with van der Waals surface area (Å²) < 4.78 is 10.6. The molecule has 0 saturated heterocycles. The Kier molecular flexibility index (Phi) is 5.84. The summed E-state index contributed by atoms with van der Waals surface area (Å²) in [6, 6.07) is 2.51. The first-order chi connectivity index (χ1) is 9.76. The highest BCUT2D eigenvalue weighted by Gasteiger charge is 2.21. The van der Waals surface area contributed by atoms with Crippen LogP contribution in [0.2, 0.25) is 5.02 Å². The van der Waals surface area contributed by atoms with E-state index >= 15 is 0 Å². The van der Waals surface area contributed by atoms with Gasteiger partial charge in [-0.15, -0.1) is 0 Å². The quantitative estimate of drug-likeness (QED) is 0.841. The van der Waals surface area contributed by atoms with E-state index in [1.165, 1.54) is 19.2 Å². The number of nitrogens with one attached hydrogen (secondary N) is 1. The lowest BCUT2D eigenvalue weighted by atomic mass is 10.2. The number of halogens is 1. The van der Waals surface area contributed by atoms with Gasteiger partial charge in [0.1, 0.15) is 0 Å². The van der Waals surface area contributed by atoms with Gasteiger partial charge in [-0.1, -0.05) is 11.6 Å². The molecule has 0 aliphatic heterocycles. The molecule has 1 amide bonds. The molecule has 116 valence electrons. The van der Waals surface area contributed by atoms with Crippen molar-refractivity contribution >= 4 is 23.5 Å². The van der Waals surface area contributed by atoms with E-state index in [0.717, 1.165) is 0 Å². The van der Waals surface area contributed by atoms with Gasteiger partial charge in [0.15, 0.2) is 17.6 Å². The number of methoxy groups -OCH3 is 1. The molecule has 0 aliphatic rings. The van der Waals surface area contributed by atoms with Crippen LogP contribution < -0.4 is 14.8 Å². The van der Waals surface area contributed by atoms with E-state index in [0.29, 0.717) is 0 Å². The summed E-state index contributed by atoms with van der Waals surface area (Å²) in [6.45, 7) is 5.23. The average molecular weight is 316 g/mol. The number of carboxylic acid groups (broad SMARTS) is 1.